The van der Waals surface area contributed by atoms with E-state index in [-0.39, 0.29) is 5.91 Å². The summed E-state index contributed by atoms with van der Waals surface area (Å²) in [7, 11) is 0. The smallest absolute Gasteiger partial charge is 0.234 e. The molecule has 1 amide bonds. The van der Waals surface area contributed by atoms with E-state index in [2.05, 4.69) is 25.6 Å². The summed E-state index contributed by atoms with van der Waals surface area (Å²) in [6.07, 6.45) is 0.962. The summed E-state index contributed by atoms with van der Waals surface area (Å²) >= 11 is 2.95. The number of fused-ring (bicyclic) bond motifs is 1. The van der Waals surface area contributed by atoms with E-state index in [0.29, 0.717) is 18.0 Å². The van der Waals surface area contributed by atoms with E-state index in [9.17, 15) is 4.79 Å². The Kier molecular flexibility index (Phi) is 3.68. The molecule has 0 aliphatic carbocycles. The predicted molar refractivity (Wildman–Crippen MR) is 81.9 cm³/mol. The lowest BCUT2D eigenvalue weighted by molar-refractivity contribution is -0.116. The maximum absolute atomic E-state index is 11.9. The summed E-state index contributed by atoms with van der Waals surface area (Å²) in [5.74, 6) is 0.706. The molecule has 3 aromatic heterocycles. The SMILES string of the molecule is Cc1nc(NC(=O)CCc2nn3c(C)nnc3s2)sc1C. The van der Waals surface area contributed by atoms with Gasteiger partial charge in [-0.15, -0.1) is 21.5 Å². The van der Waals surface area contributed by atoms with Crippen molar-refractivity contribution in [2.45, 2.75) is 33.6 Å². The molecule has 3 aromatic rings. The predicted octanol–water partition coefficient (Wildman–Crippen LogP) is 2.14. The van der Waals surface area contributed by atoms with Crippen molar-refractivity contribution < 1.29 is 4.79 Å². The Balaban J connectivity index is 1.60. The third kappa shape index (κ3) is 2.93. The van der Waals surface area contributed by atoms with Crippen LogP contribution >= 0.6 is 22.7 Å². The van der Waals surface area contributed by atoms with E-state index < -0.39 is 0 Å². The molecule has 7 nitrogen and oxygen atoms in total. The molecule has 0 atom stereocenters. The normalized spacial score (nSPS) is 11.2. The van der Waals surface area contributed by atoms with Crippen molar-refractivity contribution in [2.75, 3.05) is 5.32 Å². The van der Waals surface area contributed by atoms with Crippen molar-refractivity contribution in [3.63, 3.8) is 0 Å². The molecule has 9 heteroatoms. The maximum atomic E-state index is 11.9. The molecule has 0 aromatic carbocycles. The number of nitrogens with one attached hydrogen (secondary N) is 1. The monoisotopic (exact) mass is 322 g/mol. The van der Waals surface area contributed by atoms with E-state index >= 15 is 0 Å². The number of carbonyl (C=O) groups excluding carboxylic acids is 1. The zero-order valence-corrected chi connectivity index (χ0v) is 13.5. The minimum absolute atomic E-state index is 0.0496. The molecular formula is C12H14N6OS2. The molecule has 110 valence electrons. The van der Waals surface area contributed by atoms with Crippen LogP contribution in [0.1, 0.15) is 27.8 Å². The lowest BCUT2D eigenvalue weighted by atomic mass is 10.3. The molecule has 0 saturated heterocycles. The van der Waals surface area contributed by atoms with Crippen LogP contribution in [0, 0.1) is 20.8 Å². The Morgan fingerprint density at radius 3 is 2.71 bits per heavy atom. The molecule has 0 radical (unpaired) electrons. The minimum Gasteiger partial charge on any atom is -0.302 e. The van der Waals surface area contributed by atoms with E-state index in [0.717, 1.165) is 26.4 Å². The lowest BCUT2D eigenvalue weighted by Gasteiger charge is -1.99. The molecule has 0 unspecified atom stereocenters. The minimum atomic E-state index is -0.0496. The van der Waals surface area contributed by atoms with Gasteiger partial charge in [-0.05, 0) is 20.8 Å². The molecule has 0 aliphatic heterocycles. The highest BCUT2D eigenvalue weighted by molar-refractivity contribution is 7.16. The molecule has 0 bridgehead atoms. The van der Waals surface area contributed by atoms with Crippen molar-refractivity contribution in [1.29, 1.82) is 0 Å². The van der Waals surface area contributed by atoms with Crippen LogP contribution in [0.15, 0.2) is 0 Å². The van der Waals surface area contributed by atoms with E-state index in [1.807, 2.05) is 20.8 Å². The van der Waals surface area contributed by atoms with Crippen molar-refractivity contribution in [3.05, 3.63) is 21.4 Å². The standard InChI is InChI=1S/C12H14N6OS2/c1-6-7(2)20-11(13-6)14-9(19)4-5-10-17-18-8(3)15-16-12(18)21-10/h4-5H2,1-3H3,(H,13,14,19). The number of nitrogens with zero attached hydrogens (tertiary/aromatic N) is 5. The fraction of sp³-hybridized carbons (Fsp3) is 0.417. The number of aryl methyl sites for hydroxylation is 4. The van der Waals surface area contributed by atoms with Gasteiger partial charge >= 0.3 is 0 Å². The quantitative estimate of drug-likeness (QED) is 0.795. The van der Waals surface area contributed by atoms with Crippen LogP contribution in [0.5, 0.6) is 0 Å². The summed E-state index contributed by atoms with van der Waals surface area (Å²) in [5, 5.41) is 16.7. The van der Waals surface area contributed by atoms with Gasteiger partial charge in [0.05, 0.1) is 5.69 Å². The van der Waals surface area contributed by atoms with Crippen LogP contribution in [0.25, 0.3) is 4.96 Å². The average molecular weight is 322 g/mol. The van der Waals surface area contributed by atoms with Gasteiger partial charge in [0.25, 0.3) is 0 Å². The number of hydrogen-bond acceptors (Lipinski definition) is 7. The number of amides is 1. The lowest BCUT2D eigenvalue weighted by Crippen LogP contribution is -2.12. The topological polar surface area (TPSA) is 85.1 Å². The van der Waals surface area contributed by atoms with Crippen LogP contribution in [-0.4, -0.2) is 30.7 Å². The first-order valence-electron chi connectivity index (χ1n) is 6.44. The Labute approximate surface area is 129 Å². The molecule has 3 rings (SSSR count). The van der Waals surface area contributed by atoms with Gasteiger partial charge in [-0.3, -0.25) is 4.79 Å². The summed E-state index contributed by atoms with van der Waals surface area (Å²) in [6.45, 7) is 5.77. The second-order valence-corrected chi connectivity index (χ2v) is 6.89. The van der Waals surface area contributed by atoms with Crippen LogP contribution in [-0.2, 0) is 11.2 Å². The largest absolute Gasteiger partial charge is 0.302 e. The van der Waals surface area contributed by atoms with Gasteiger partial charge < -0.3 is 5.32 Å². The summed E-state index contributed by atoms with van der Waals surface area (Å²) in [6, 6.07) is 0. The average Bonchev–Trinajstić information content (AvgIpc) is 3.06. The second kappa shape index (κ2) is 5.49. The number of hydrogen-bond donors (Lipinski definition) is 1. The zero-order valence-electron chi connectivity index (χ0n) is 11.9. The van der Waals surface area contributed by atoms with Gasteiger partial charge in [0, 0.05) is 17.7 Å². The molecule has 3 heterocycles. The first kappa shape index (κ1) is 14.1. The molecule has 0 aliphatic rings. The first-order valence-corrected chi connectivity index (χ1v) is 8.08. The molecule has 0 fully saturated rings. The highest BCUT2D eigenvalue weighted by Gasteiger charge is 2.12. The van der Waals surface area contributed by atoms with Crippen LogP contribution < -0.4 is 5.32 Å². The van der Waals surface area contributed by atoms with Gasteiger partial charge in [0.1, 0.15) is 5.01 Å². The fourth-order valence-corrected chi connectivity index (χ4v) is 3.49. The van der Waals surface area contributed by atoms with Crippen molar-refractivity contribution in [1.82, 2.24) is 24.8 Å². The number of aromatic nitrogens is 5. The van der Waals surface area contributed by atoms with E-state index in [4.69, 9.17) is 0 Å². The Hall–Kier alpha value is -1.87. The van der Waals surface area contributed by atoms with Gasteiger partial charge in [-0.25, -0.2) is 4.98 Å². The first-order chi connectivity index (χ1) is 10.0. The van der Waals surface area contributed by atoms with Crippen LogP contribution in [0.4, 0.5) is 5.13 Å². The summed E-state index contributed by atoms with van der Waals surface area (Å²) in [4.78, 5) is 18.1. The number of anilines is 1. The zero-order chi connectivity index (χ0) is 15.0. The fourth-order valence-electron chi connectivity index (χ4n) is 1.78. The summed E-state index contributed by atoms with van der Waals surface area (Å²) in [5.41, 5.74) is 0.958. The Morgan fingerprint density at radius 2 is 2.05 bits per heavy atom. The number of rotatable bonds is 4. The van der Waals surface area contributed by atoms with Gasteiger partial charge in [0.2, 0.25) is 10.9 Å². The number of thiazole rings is 1. The molecule has 0 spiro atoms. The highest BCUT2D eigenvalue weighted by atomic mass is 32.1. The molecule has 1 N–H and O–H groups in total. The Morgan fingerprint density at radius 1 is 1.24 bits per heavy atom. The Bertz CT molecular complexity index is 782. The molecular weight excluding hydrogens is 308 g/mol. The second-order valence-electron chi connectivity index (χ2n) is 4.65. The highest BCUT2D eigenvalue weighted by Crippen LogP contribution is 2.21. The molecule has 21 heavy (non-hydrogen) atoms. The van der Waals surface area contributed by atoms with Crippen LogP contribution in [0.2, 0.25) is 0 Å². The van der Waals surface area contributed by atoms with E-state index in [1.54, 1.807) is 4.52 Å². The van der Waals surface area contributed by atoms with E-state index in [1.165, 1.54) is 22.7 Å². The third-order valence-electron chi connectivity index (χ3n) is 3.03. The van der Waals surface area contributed by atoms with Gasteiger partial charge in [-0.2, -0.15) is 9.61 Å². The van der Waals surface area contributed by atoms with Crippen LogP contribution in [0.3, 0.4) is 0 Å². The third-order valence-corrected chi connectivity index (χ3v) is 4.98. The van der Waals surface area contributed by atoms with Crippen molar-refractivity contribution >= 4 is 38.7 Å². The van der Waals surface area contributed by atoms with Gasteiger partial charge in [0.15, 0.2) is 11.0 Å². The maximum Gasteiger partial charge on any atom is 0.234 e. The summed E-state index contributed by atoms with van der Waals surface area (Å²) < 4.78 is 1.70. The number of carbonyl (C=O) groups is 1. The van der Waals surface area contributed by atoms with Gasteiger partial charge in [-0.1, -0.05) is 11.3 Å². The molecule has 0 saturated carbocycles. The van der Waals surface area contributed by atoms with Crippen molar-refractivity contribution in [3.8, 4) is 0 Å². The van der Waals surface area contributed by atoms with Crippen molar-refractivity contribution in [2.24, 2.45) is 0 Å².